The number of benzene rings is 2. The third kappa shape index (κ3) is 4.50. The van der Waals surface area contributed by atoms with Gasteiger partial charge in [0.05, 0.1) is 0 Å². The number of nitrogens with zero attached hydrogens (tertiary/aromatic N) is 1. The van der Waals surface area contributed by atoms with Crippen LogP contribution in [-0.4, -0.2) is 24.5 Å². The van der Waals surface area contributed by atoms with Crippen LogP contribution in [0, 0.1) is 6.92 Å². The minimum Gasteiger partial charge on any atom is -0.484 e. The summed E-state index contributed by atoms with van der Waals surface area (Å²) in [4.78, 5) is 13.7. The van der Waals surface area contributed by atoms with Crippen LogP contribution in [-0.2, 0) is 11.3 Å². The predicted octanol–water partition coefficient (Wildman–Crippen LogP) is 3.69. The quantitative estimate of drug-likeness (QED) is 0.843. The highest BCUT2D eigenvalue weighted by atomic mass is 35.5. The van der Waals surface area contributed by atoms with Crippen molar-refractivity contribution in [3.05, 3.63) is 64.7 Å². The summed E-state index contributed by atoms with van der Waals surface area (Å²) in [6, 6.07) is 15.1. The number of aryl methyl sites for hydroxylation is 1. The van der Waals surface area contributed by atoms with Crippen molar-refractivity contribution < 1.29 is 9.53 Å². The van der Waals surface area contributed by atoms with Gasteiger partial charge < -0.3 is 9.64 Å². The molecule has 0 heterocycles. The molecule has 0 atom stereocenters. The van der Waals surface area contributed by atoms with Crippen molar-refractivity contribution in [3.63, 3.8) is 0 Å². The van der Waals surface area contributed by atoms with Gasteiger partial charge in [-0.15, -0.1) is 0 Å². The number of carbonyl (C=O) groups excluding carboxylic acids is 1. The third-order valence-corrected chi connectivity index (χ3v) is 3.49. The van der Waals surface area contributed by atoms with Crippen LogP contribution >= 0.6 is 11.6 Å². The molecule has 0 aliphatic carbocycles. The summed E-state index contributed by atoms with van der Waals surface area (Å²) in [6.07, 6.45) is 0. The molecule has 4 heteroatoms. The standard InChI is InChI=1S/C17H18ClNO2/c1-13-6-3-4-7-14(13)11-19(2)17(20)12-21-16-9-5-8-15(18)10-16/h3-10H,11-12H2,1-2H3. The Bertz CT molecular complexity index is 628. The van der Waals surface area contributed by atoms with Crippen LogP contribution in [0.25, 0.3) is 0 Å². The summed E-state index contributed by atoms with van der Waals surface area (Å²) >= 11 is 5.87. The fraction of sp³-hybridized carbons (Fsp3) is 0.235. The first-order chi connectivity index (χ1) is 10.1. The minimum absolute atomic E-state index is 0.00270. The maximum atomic E-state index is 12.1. The molecule has 0 saturated heterocycles. The fourth-order valence-corrected chi connectivity index (χ4v) is 2.12. The molecule has 1 amide bonds. The van der Waals surface area contributed by atoms with Crippen LogP contribution in [0.15, 0.2) is 48.5 Å². The molecule has 0 radical (unpaired) electrons. The van der Waals surface area contributed by atoms with Crippen molar-refractivity contribution in [2.45, 2.75) is 13.5 Å². The SMILES string of the molecule is Cc1ccccc1CN(C)C(=O)COc1cccc(Cl)c1. The molecule has 0 saturated carbocycles. The van der Waals surface area contributed by atoms with Crippen LogP contribution in [0.2, 0.25) is 5.02 Å². The second-order valence-electron chi connectivity index (χ2n) is 4.92. The molecular formula is C17H18ClNO2. The maximum absolute atomic E-state index is 12.1. The van der Waals surface area contributed by atoms with Gasteiger partial charge in [-0.1, -0.05) is 41.9 Å². The molecule has 0 N–H and O–H groups in total. The molecule has 2 rings (SSSR count). The number of carbonyl (C=O) groups is 1. The predicted molar refractivity (Wildman–Crippen MR) is 84.6 cm³/mol. The first-order valence-corrected chi connectivity index (χ1v) is 7.11. The van der Waals surface area contributed by atoms with Crippen molar-refractivity contribution in [2.24, 2.45) is 0 Å². The highest BCUT2D eigenvalue weighted by molar-refractivity contribution is 6.30. The highest BCUT2D eigenvalue weighted by Gasteiger charge is 2.11. The molecular weight excluding hydrogens is 286 g/mol. The largest absolute Gasteiger partial charge is 0.484 e. The average Bonchev–Trinajstić information content (AvgIpc) is 2.47. The fourth-order valence-electron chi connectivity index (χ4n) is 1.94. The Labute approximate surface area is 130 Å². The smallest absolute Gasteiger partial charge is 0.260 e. The van der Waals surface area contributed by atoms with Crippen LogP contribution in [0.5, 0.6) is 5.75 Å². The molecule has 2 aromatic rings. The molecule has 110 valence electrons. The van der Waals surface area contributed by atoms with Gasteiger partial charge in [-0.05, 0) is 36.2 Å². The molecule has 0 fully saturated rings. The number of rotatable bonds is 5. The number of amides is 1. The molecule has 21 heavy (non-hydrogen) atoms. The second kappa shape index (κ2) is 7.14. The summed E-state index contributed by atoms with van der Waals surface area (Å²) < 4.78 is 5.46. The van der Waals surface area contributed by atoms with Crippen molar-refractivity contribution in [2.75, 3.05) is 13.7 Å². The van der Waals surface area contributed by atoms with E-state index in [0.29, 0.717) is 17.3 Å². The molecule has 3 nitrogen and oxygen atoms in total. The van der Waals surface area contributed by atoms with Gasteiger partial charge in [-0.2, -0.15) is 0 Å². The van der Waals surface area contributed by atoms with E-state index in [9.17, 15) is 4.79 Å². The molecule has 2 aromatic carbocycles. The van der Waals surface area contributed by atoms with E-state index >= 15 is 0 Å². The van der Waals surface area contributed by atoms with E-state index in [1.807, 2.05) is 31.2 Å². The van der Waals surface area contributed by atoms with Crippen molar-refractivity contribution >= 4 is 17.5 Å². The van der Waals surface area contributed by atoms with Crippen LogP contribution in [0.4, 0.5) is 0 Å². The Balaban J connectivity index is 1.90. The molecule has 0 bridgehead atoms. The monoisotopic (exact) mass is 303 g/mol. The number of halogens is 1. The lowest BCUT2D eigenvalue weighted by Crippen LogP contribution is -2.31. The number of hydrogen-bond donors (Lipinski definition) is 0. The highest BCUT2D eigenvalue weighted by Crippen LogP contribution is 2.17. The van der Waals surface area contributed by atoms with E-state index in [-0.39, 0.29) is 12.5 Å². The Hall–Kier alpha value is -2.00. The summed E-state index contributed by atoms with van der Waals surface area (Å²) in [5.74, 6) is 0.526. The van der Waals surface area contributed by atoms with E-state index < -0.39 is 0 Å². The first kappa shape index (κ1) is 15.4. The molecule has 0 spiro atoms. The number of ether oxygens (including phenoxy) is 1. The van der Waals surface area contributed by atoms with Gasteiger partial charge >= 0.3 is 0 Å². The van der Waals surface area contributed by atoms with Gasteiger partial charge in [-0.3, -0.25) is 4.79 Å². The van der Waals surface area contributed by atoms with Gasteiger partial charge in [0.1, 0.15) is 5.75 Å². The summed E-state index contributed by atoms with van der Waals surface area (Å²) in [5.41, 5.74) is 2.31. The van der Waals surface area contributed by atoms with E-state index in [2.05, 4.69) is 0 Å². The summed E-state index contributed by atoms with van der Waals surface area (Å²) in [7, 11) is 1.77. The Kier molecular flexibility index (Phi) is 5.23. The van der Waals surface area contributed by atoms with Crippen LogP contribution in [0.1, 0.15) is 11.1 Å². The lowest BCUT2D eigenvalue weighted by atomic mass is 10.1. The molecule has 0 aromatic heterocycles. The maximum Gasteiger partial charge on any atom is 0.260 e. The minimum atomic E-state index is -0.0711. The van der Waals surface area contributed by atoms with Gasteiger partial charge in [0, 0.05) is 18.6 Å². The normalized spacial score (nSPS) is 10.2. The second-order valence-corrected chi connectivity index (χ2v) is 5.36. The van der Waals surface area contributed by atoms with E-state index in [1.165, 1.54) is 5.56 Å². The zero-order valence-electron chi connectivity index (χ0n) is 12.2. The zero-order chi connectivity index (χ0) is 15.2. The molecule has 0 aliphatic heterocycles. The number of likely N-dealkylation sites (N-methyl/N-ethyl adjacent to an activating group) is 1. The third-order valence-electron chi connectivity index (χ3n) is 3.25. The number of hydrogen-bond acceptors (Lipinski definition) is 2. The first-order valence-electron chi connectivity index (χ1n) is 6.73. The summed E-state index contributed by atoms with van der Waals surface area (Å²) in [6.45, 7) is 2.61. The van der Waals surface area contributed by atoms with Gasteiger partial charge in [0.25, 0.3) is 5.91 Å². The topological polar surface area (TPSA) is 29.5 Å². The van der Waals surface area contributed by atoms with Gasteiger partial charge in [0.2, 0.25) is 0 Å². The van der Waals surface area contributed by atoms with Crippen molar-refractivity contribution in [1.82, 2.24) is 4.90 Å². The Morgan fingerprint density at radius 3 is 2.67 bits per heavy atom. The van der Waals surface area contributed by atoms with E-state index in [4.69, 9.17) is 16.3 Å². The molecule has 0 aliphatic rings. The van der Waals surface area contributed by atoms with Crippen LogP contribution < -0.4 is 4.74 Å². The lowest BCUT2D eigenvalue weighted by Gasteiger charge is -2.18. The summed E-state index contributed by atoms with van der Waals surface area (Å²) in [5, 5.41) is 0.591. The van der Waals surface area contributed by atoms with Crippen molar-refractivity contribution in [1.29, 1.82) is 0 Å². The Morgan fingerprint density at radius 1 is 1.19 bits per heavy atom. The molecule has 0 unspecified atom stereocenters. The zero-order valence-corrected chi connectivity index (χ0v) is 12.9. The van der Waals surface area contributed by atoms with E-state index in [0.717, 1.165) is 5.56 Å². The average molecular weight is 304 g/mol. The lowest BCUT2D eigenvalue weighted by molar-refractivity contribution is -0.132. The van der Waals surface area contributed by atoms with E-state index in [1.54, 1.807) is 36.2 Å². The van der Waals surface area contributed by atoms with Crippen molar-refractivity contribution in [3.8, 4) is 5.75 Å². The van der Waals surface area contributed by atoms with Crippen LogP contribution in [0.3, 0.4) is 0 Å². The van der Waals surface area contributed by atoms with Gasteiger partial charge in [0.15, 0.2) is 6.61 Å². The van der Waals surface area contributed by atoms with Gasteiger partial charge in [-0.25, -0.2) is 0 Å². The Morgan fingerprint density at radius 2 is 1.95 bits per heavy atom.